The van der Waals surface area contributed by atoms with Crippen molar-refractivity contribution >= 4 is 5.91 Å². The monoisotopic (exact) mass is 272 g/mol. The molecule has 2 aromatic heterocycles. The molecule has 6 heteroatoms. The molecule has 1 amide bonds. The van der Waals surface area contributed by atoms with Crippen LogP contribution in [0.1, 0.15) is 36.4 Å². The van der Waals surface area contributed by atoms with E-state index in [0.717, 1.165) is 31.5 Å². The van der Waals surface area contributed by atoms with Crippen molar-refractivity contribution in [1.82, 2.24) is 20.0 Å². The third-order valence-electron chi connectivity index (χ3n) is 3.44. The number of aromatic nitrogens is 3. The van der Waals surface area contributed by atoms with Crippen LogP contribution in [0.2, 0.25) is 0 Å². The first-order valence-corrected chi connectivity index (χ1v) is 6.88. The van der Waals surface area contributed by atoms with E-state index in [4.69, 9.17) is 4.52 Å². The second kappa shape index (κ2) is 5.81. The Bertz CT molecular complexity index is 574. The summed E-state index contributed by atoms with van der Waals surface area (Å²) in [6.07, 6.45) is 7.74. The van der Waals surface area contributed by atoms with E-state index in [1.54, 1.807) is 29.4 Å². The minimum atomic E-state index is -0.167. The lowest BCUT2D eigenvalue weighted by Gasteiger charge is -2.17. The molecule has 0 atom stereocenters. The molecule has 104 valence electrons. The lowest BCUT2D eigenvalue weighted by atomic mass is 10.2. The molecule has 1 aliphatic heterocycles. The number of carbonyl (C=O) groups is 1. The maximum Gasteiger partial charge on any atom is 0.316 e. The van der Waals surface area contributed by atoms with Crippen LogP contribution in [0.3, 0.4) is 0 Å². The Balaban J connectivity index is 1.77. The molecule has 3 rings (SSSR count). The normalized spacial score (nSPS) is 15.9. The standard InChI is InChI=1S/C14H16N4O2/c19-14(18-9-3-1-2-4-10-18)13-16-12(17-20-13)11-5-7-15-8-6-11/h5-8H,1-4,9-10H2. The predicted octanol–water partition coefficient (Wildman–Crippen LogP) is 2.15. The van der Waals surface area contributed by atoms with Crippen LogP contribution in [0, 0.1) is 0 Å². The second-order valence-corrected chi connectivity index (χ2v) is 4.87. The van der Waals surface area contributed by atoms with Gasteiger partial charge in [0.15, 0.2) is 0 Å². The van der Waals surface area contributed by atoms with Gasteiger partial charge in [-0.15, -0.1) is 0 Å². The Kier molecular flexibility index (Phi) is 3.71. The lowest BCUT2D eigenvalue weighted by molar-refractivity contribution is 0.0711. The number of likely N-dealkylation sites (tertiary alicyclic amines) is 1. The van der Waals surface area contributed by atoms with Crippen molar-refractivity contribution < 1.29 is 9.32 Å². The van der Waals surface area contributed by atoms with E-state index in [-0.39, 0.29) is 11.8 Å². The average Bonchev–Trinajstić information content (AvgIpc) is 2.83. The number of rotatable bonds is 2. The van der Waals surface area contributed by atoms with E-state index in [1.807, 2.05) is 0 Å². The molecule has 6 nitrogen and oxygen atoms in total. The van der Waals surface area contributed by atoms with Gasteiger partial charge >= 0.3 is 11.8 Å². The molecule has 0 spiro atoms. The maximum atomic E-state index is 12.3. The molecule has 0 aliphatic carbocycles. The Labute approximate surface area is 116 Å². The van der Waals surface area contributed by atoms with Crippen molar-refractivity contribution in [2.75, 3.05) is 13.1 Å². The Morgan fingerprint density at radius 3 is 2.50 bits per heavy atom. The molecule has 0 saturated carbocycles. The molecule has 0 aromatic carbocycles. The van der Waals surface area contributed by atoms with E-state index in [2.05, 4.69) is 15.1 Å². The Hall–Kier alpha value is -2.24. The van der Waals surface area contributed by atoms with Crippen LogP contribution >= 0.6 is 0 Å². The lowest BCUT2D eigenvalue weighted by Crippen LogP contribution is -2.32. The average molecular weight is 272 g/mol. The summed E-state index contributed by atoms with van der Waals surface area (Å²) < 4.78 is 5.10. The highest BCUT2D eigenvalue weighted by molar-refractivity contribution is 5.90. The molecule has 1 aliphatic rings. The minimum Gasteiger partial charge on any atom is -0.334 e. The van der Waals surface area contributed by atoms with Gasteiger partial charge in [-0.3, -0.25) is 9.78 Å². The molecule has 0 radical (unpaired) electrons. The van der Waals surface area contributed by atoms with Crippen molar-refractivity contribution in [3.8, 4) is 11.4 Å². The molecule has 0 bridgehead atoms. The molecule has 20 heavy (non-hydrogen) atoms. The van der Waals surface area contributed by atoms with E-state index in [9.17, 15) is 4.79 Å². The summed E-state index contributed by atoms with van der Waals surface area (Å²) in [7, 11) is 0. The van der Waals surface area contributed by atoms with Crippen molar-refractivity contribution in [3.05, 3.63) is 30.4 Å². The van der Waals surface area contributed by atoms with Gasteiger partial charge in [0, 0.05) is 31.0 Å². The summed E-state index contributed by atoms with van der Waals surface area (Å²) in [6, 6.07) is 3.57. The molecule has 2 aromatic rings. The first kappa shape index (κ1) is 12.8. The maximum absolute atomic E-state index is 12.3. The van der Waals surface area contributed by atoms with Gasteiger partial charge in [0.25, 0.3) is 0 Å². The van der Waals surface area contributed by atoms with Crippen LogP contribution < -0.4 is 0 Å². The quantitative estimate of drug-likeness (QED) is 0.837. The van der Waals surface area contributed by atoms with Crippen LogP contribution in [-0.2, 0) is 0 Å². The summed E-state index contributed by atoms with van der Waals surface area (Å²) in [5.74, 6) is 0.323. The summed E-state index contributed by atoms with van der Waals surface area (Å²) >= 11 is 0. The topological polar surface area (TPSA) is 72.1 Å². The van der Waals surface area contributed by atoms with Crippen LogP contribution in [0.5, 0.6) is 0 Å². The van der Waals surface area contributed by atoms with Crippen LogP contribution in [-0.4, -0.2) is 39.0 Å². The van der Waals surface area contributed by atoms with Crippen LogP contribution in [0.15, 0.2) is 29.0 Å². The van der Waals surface area contributed by atoms with Gasteiger partial charge in [0.05, 0.1) is 0 Å². The number of carbonyl (C=O) groups excluding carboxylic acids is 1. The fraction of sp³-hybridized carbons (Fsp3) is 0.429. The van der Waals surface area contributed by atoms with Gasteiger partial charge in [-0.25, -0.2) is 0 Å². The van der Waals surface area contributed by atoms with Gasteiger partial charge in [0.1, 0.15) is 0 Å². The highest BCUT2D eigenvalue weighted by atomic mass is 16.5. The van der Waals surface area contributed by atoms with Crippen molar-refractivity contribution in [2.24, 2.45) is 0 Å². The SMILES string of the molecule is O=C(c1nc(-c2ccncc2)no1)N1CCCCCC1. The molecule has 1 fully saturated rings. The first-order chi connectivity index (χ1) is 9.84. The predicted molar refractivity (Wildman–Crippen MR) is 71.9 cm³/mol. The zero-order valence-electron chi connectivity index (χ0n) is 11.2. The van der Waals surface area contributed by atoms with Gasteiger partial charge in [-0.05, 0) is 25.0 Å². The molecule has 1 saturated heterocycles. The van der Waals surface area contributed by atoms with Crippen LogP contribution in [0.25, 0.3) is 11.4 Å². The summed E-state index contributed by atoms with van der Waals surface area (Å²) in [5, 5.41) is 3.86. The fourth-order valence-electron chi connectivity index (χ4n) is 2.34. The summed E-state index contributed by atoms with van der Waals surface area (Å²) in [4.78, 5) is 22.2. The van der Waals surface area contributed by atoms with Gasteiger partial charge in [-0.2, -0.15) is 4.98 Å². The fourth-order valence-corrected chi connectivity index (χ4v) is 2.34. The number of hydrogen-bond acceptors (Lipinski definition) is 5. The zero-order valence-corrected chi connectivity index (χ0v) is 11.2. The molecule has 0 N–H and O–H groups in total. The third-order valence-corrected chi connectivity index (χ3v) is 3.44. The first-order valence-electron chi connectivity index (χ1n) is 6.88. The van der Waals surface area contributed by atoms with Gasteiger partial charge in [-0.1, -0.05) is 18.0 Å². The smallest absolute Gasteiger partial charge is 0.316 e. The molecular formula is C14H16N4O2. The number of hydrogen-bond donors (Lipinski definition) is 0. The van der Waals surface area contributed by atoms with Gasteiger partial charge < -0.3 is 9.42 Å². The minimum absolute atomic E-state index is 0.0683. The van der Waals surface area contributed by atoms with E-state index >= 15 is 0 Å². The number of pyridine rings is 1. The summed E-state index contributed by atoms with van der Waals surface area (Å²) in [5.41, 5.74) is 0.790. The second-order valence-electron chi connectivity index (χ2n) is 4.87. The van der Waals surface area contributed by atoms with E-state index in [1.165, 1.54) is 12.8 Å². The Morgan fingerprint density at radius 2 is 1.80 bits per heavy atom. The summed E-state index contributed by atoms with van der Waals surface area (Å²) in [6.45, 7) is 1.54. The molecule has 0 unspecified atom stereocenters. The van der Waals surface area contributed by atoms with Crippen LogP contribution in [0.4, 0.5) is 0 Å². The highest BCUT2D eigenvalue weighted by Gasteiger charge is 2.23. The zero-order chi connectivity index (χ0) is 13.8. The third kappa shape index (κ3) is 2.68. The van der Waals surface area contributed by atoms with E-state index < -0.39 is 0 Å². The Morgan fingerprint density at radius 1 is 1.10 bits per heavy atom. The molecule has 3 heterocycles. The van der Waals surface area contributed by atoms with Crippen molar-refractivity contribution in [1.29, 1.82) is 0 Å². The number of amides is 1. The van der Waals surface area contributed by atoms with Gasteiger partial charge in [0.2, 0.25) is 5.82 Å². The largest absolute Gasteiger partial charge is 0.334 e. The van der Waals surface area contributed by atoms with E-state index in [0.29, 0.717) is 5.82 Å². The highest BCUT2D eigenvalue weighted by Crippen LogP contribution is 2.16. The van der Waals surface area contributed by atoms with Crippen molar-refractivity contribution in [2.45, 2.75) is 25.7 Å². The van der Waals surface area contributed by atoms with Crippen molar-refractivity contribution in [3.63, 3.8) is 0 Å². The number of nitrogens with zero attached hydrogens (tertiary/aromatic N) is 4. The molecular weight excluding hydrogens is 256 g/mol.